The van der Waals surface area contributed by atoms with E-state index in [9.17, 15) is 9.36 Å². The van der Waals surface area contributed by atoms with Crippen molar-refractivity contribution in [1.82, 2.24) is 5.32 Å². The molecular formula is C5H11N2O4P. The van der Waals surface area contributed by atoms with Crippen LogP contribution in [0.5, 0.6) is 0 Å². The molecule has 0 saturated carbocycles. The van der Waals surface area contributed by atoms with Gasteiger partial charge in [0.25, 0.3) is 0 Å². The fourth-order valence-corrected chi connectivity index (χ4v) is 2.14. The topological polar surface area (TPSA) is 113 Å². The molecule has 0 radical (unpaired) electrons. The molecule has 1 fully saturated rings. The largest absolute Gasteiger partial charge is 0.354 e. The smallest absolute Gasteiger partial charge is 0.325 e. The first-order valence-corrected chi connectivity index (χ1v) is 5.28. The van der Waals surface area contributed by atoms with Crippen molar-refractivity contribution in [2.24, 2.45) is 11.7 Å². The second-order valence-corrected chi connectivity index (χ2v) is 4.57. The van der Waals surface area contributed by atoms with Crippen molar-refractivity contribution in [3.8, 4) is 0 Å². The summed E-state index contributed by atoms with van der Waals surface area (Å²) in [7, 11) is -4.05. The van der Waals surface area contributed by atoms with Crippen LogP contribution in [0.15, 0.2) is 0 Å². The third-order valence-corrected chi connectivity index (χ3v) is 2.77. The first-order valence-electron chi connectivity index (χ1n) is 3.48. The maximum absolute atomic E-state index is 10.8. The molecule has 0 spiro atoms. The number of hydrogen-bond donors (Lipinski definition) is 4. The number of carbonyl (C=O) groups is 1. The Balaban J connectivity index is 2.56. The van der Waals surface area contributed by atoms with Crippen LogP contribution >= 0.6 is 7.60 Å². The summed E-state index contributed by atoms with van der Waals surface area (Å²) < 4.78 is 10.5. The van der Waals surface area contributed by atoms with Gasteiger partial charge in [0.15, 0.2) is 0 Å². The summed E-state index contributed by atoms with van der Waals surface area (Å²) in [4.78, 5) is 28.0. The lowest BCUT2D eigenvalue weighted by Gasteiger charge is -2.12. The fraction of sp³-hybridized carbons (Fsp3) is 0.800. The van der Waals surface area contributed by atoms with E-state index in [1.807, 2.05) is 0 Å². The minimum absolute atomic E-state index is 0.255. The van der Waals surface area contributed by atoms with Crippen molar-refractivity contribution in [2.45, 2.75) is 6.04 Å². The highest BCUT2D eigenvalue weighted by Crippen LogP contribution is 2.38. The molecule has 5 N–H and O–H groups in total. The zero-order valence-electron chi connectivity index (χ0n) is 6.30. The van der Waals surface area contributed by atoms with Crippen LogP contribution in [-0.4, -0.2) is 34.4 Å². The van der Waals surface area contributed by atoms with Crippen LogP contribution in [0.3, 0.4) is 0 Å². The number of carbonyl (C=O) groups excluding carboxylic acids is 1. The van der Waals surface area contributed by atoms with E-state index in [0.717, 1.165) is 0 Å². The number of nitrogens with one attached hydrogen (secondary N) is 1. The van der Waals surface area contributed by atoms with Crippen LogP contribution in [0, 0.1) is 5.92 Å². The lowest BCUT2D eigenvalue weighted by atomic mass is 10.1. The van der Waals surface area contributed by atoms with Gasteiger partial charge < -0.3 is 20.8 Å². The molecule has 1 saturated heterocycles. The third kappa shape index (κ3) is 2.28. The van der Waals surface area contributed by atoms with Crippen LogP contribution in [0.1, 0.15) is 0 Å². The lowest BCUT2D eigenvalue weighted by Crippen LogP contribution is -2.35. The number of nitrogens with two attached hydrogens (primary N) is 1. The number of rotatable bonds is 2. The van der Waals surface area contributed by atoms with Crippen LogP contribution in [0.4, 0.5) is 0 Å². The van der Waals surface area contributed by atoms with Gasteiger partial charge in [-0.25, -0.2) is 0 Å². The molecule has 1 aliphatic heterocycles. The predicted molar refractivity (Wildman–Crippen MR) is 41.4 cm³/mol. The van der Waals surface area contributed by atoms with E-state index in [0.29, 0.717) is 0 Å². The molecule has 0 aliphatic carbocycles. The van der Waals surface area contributed by atoms with Crippen molar-refractivity contribution >= 4 is 13.5 Å². The van der Waals surface area contributed by atoms with Gasteiger partial charge in [-0.15, -0.1) is 0 Å². The number of amides is 1. The molecule has 12 heavy (non-hydrogen) atoms. The van der Waals surface area contributed by atoms with E-state index in [-0.39, 0.29) is 18.6 Å². The normalized spacial score (nSPS) is 30.4. The molecule has 2 atom stereocenters. The maximum atomic E-state index is 10.8. The van der Waals surface area contributed by atoms with Crippen LogP contribution in [-0.2, 0) is 9.36 Å². The summed E-state index contributed by atoms with van der Waals surface area (Å²) in [6.07, 6.45) is -0.326. The van der Waals surface area contributed by atoms with Crippen LogP contribution in [0.2, 0.25) is 0 Å². The quantitative estimate of drug-likeness (QED) is 0.389. The highest BCUT2D eigenvalue weighted by Gasteiger charge is 2.35. The van der Waals surface area contributed by atoms with Gasteiger partial charge in [0.1, 0.15) is 0 Å². The summed E-state index contributed by atoms with van der Waals surface area (Å²) >= 11 is 0. The molecule has 0 aromatic rings. The van der Waals surface area contributed by atoms with Gasteiger partial charge in [-0.3, -0.25) is 9.36 Å². The van der Waals surface area contributed by atoms with E-state index < -0.39 is 19.6 Å². The molecule has 0 aromatic heterocycles. The average molecular weight is 194 g/mol. The Hall–Kier alpha value is -0.420. The summed E-state index contributed by atoms with van der Waals surface area (Å²) in [5, 5.41) is 2.43. The standard InChI is InChI=1S/C5H11N2O4P/c6-4-3(1-7-5(4)8)2-12(9,10)11/h3-4H,1-2,6H2,(H,7,8)(H2,9,10,11)/t3-,4-/m1/s1. The van der Waals surface area contributed by atoms with E-state index in [4.69, 9.17) is 15.5 Å². The second-order valence-electron chi connectivity index (χ2n) is 2.88. The second kappa shape index (κ2) is 3.14. The Labute approximate surface area is 69.3 Å². The summed E-state index contributed by atoms with van der Waals surface area (Å²) in [5.41, 5.74) is 5.37. The van der Waals surface area contributed by atoms with Gasteiger partial charge in [0, 0.05) is 12.5 Å². The first kappa shape index (κ1) is 9.67. The van der Waals surface area contributed by atoms with Crippen molar-refractivity contribution in [3.63, 3.8) is 0 Å². The van der Waals surface area contributed by atoms with Crippen molar-refractivity contribution in [2.75, 3.05) is 12.7 Å². The fourth-order valence-electron chi connectivity index (χ4n) is 1.17. The lowest BCUT2D eigenvalue weighted by molar-refractivity contribution is -0.120. The molecule has 6 nitrogen and oxygen atoms in total. The molecule has 0 bridgehead atoms. The van der Waals surface area contributed by atoms with E-state index in [1.54, 1.807) is 0 Å². The molecule has 1 rings (SSSR count). The zero-order chi connectivity index (χ0) is 9.35. The average Bonchev–Trinajstić information content (AvgIpc) is 2.16. The molecule has 0 aromatic carbocycles. The van der Waals surface area contributed by atoms with Crippen molar-refractivity contribution < 1.29 is 19.1 Å². The highest BCUT2D eigenvalue weighted by molar-refractivity contribution is 7.51. The van der Waals surface area contributed by atoms with E-state index in [2.05, 4.69) is 5.32 Å². The Morgan fingerprint density at radius 1 is 1.67 bits per heavy atom. The zero-order valence-corrected chi connectivity index (χ0v) is 7.20. The Bertz CT molecular complexity index is 238. The van der Waals surface area contributed by atoms with Gasteiger partial charge in [0.05, 0.1) is 12.2 Å². The first-order chi connectivity index (χ1) is 5.40. The van der Waals surface area contributed by atoms with Gasteiger partial charge in [0.2, 0.25) is 5.91 Å². The summed E-state index contributed by atoms with van der Waals surface area (Å²) in [6.45, 7) is 0.255. The number of hydrogen-bond acceptors (Lipinski definition) is 3. The molecule has 70 valence electrons. The monoisotopic (exact) mass is 194 g/mol. The Morgan fingerprint density at radius 3 is 2.58 bits per heavy atom. The van der Waals surface area contributed by atoms with E-state index in [1.165, 1.54) is 0 Å². The summed E-state index contributed by atoms with van der Waals surface area (Å²) in [5.74, 6) is -0.785. The Morgan fingerprint density at radius 2 is 2.25 bits per heavy atom. The minimum atomic E-state index is -4.05. The molecule has 1 heterocycles. The SMILES string of the molecule is N[C@H]1C(=O)NC[C@@H]1CP(=O)(O)O. The van der Waals surface area contributed by atoms with Gasteiger partial charge in [-0.05, 0) is 0 Å². The predicted octanol–water partition coefficient (Wildman–Crippen LogP) is -1.76. The third-order valence-electron chi connectivity index (χ3n) is 1.82. The molecule has 1 aliphatic rings. The van der Waals surface area contributed by atoms with Crippen LogP contribution in [0.25, 0.3) is 0 Å². The molecule has 7 heteroatoms. The van der Waals surface area contributed by atoms with Gasteiger partial charge in [-0.1, -0.05) is 0 Å². The van der Waals surface area contributed by atoms with Gasteiger partial charge in [-0.2, -0.15) is 0 Å². The minimum Gasteiger partial charge on any atom is -0.354 e. The molecule has 1 amide bonds. The Kier molecular flexibility index (Phi) is 2.53. The summed E-state index contributed by atoms with van der Waals surface area (Å²) in [6, 6.07) is -0.780. The molecular weight excluding hydrogens is 183 g/mol. The van der Waals surface area contributed by atoms with Crippen LogP contribution < -0.4 is 11.1 Å². The maximum Gasteiger partial charge on any atom is 0.325 e. The van der Waals surface area contributed by atoms with Gasteiger partial charge >= 0.3 is 7.60 Å². The van der Waals surface area contributed by atoms with Crippen molar-refractivity contribution in [1.29, 1.82) is 0 Å². The van der Waals surface area contributed by atoms with Crippen molar-refractivity contribution in [3.05, 3.63) is 0 Å². The van der Waals surface area contributed by atoms with E-state index >= 15 is 0 Å². The molecule has 0 unspecified atom stereocenters. The highest BCUT2D eigenvalue weighted by atomic mass is 31.2.